The standard InChI is InChI=1S/C15H21NO2/c1-2-3-10-18-11-9-16-8-7-13-5-4-6-14(12-17)15(13)16/h4-8,17H,2-3,9-12H2,1H3. The molecule has 2 aromatic rings. The molecular formula is C15H21NO2. The van der Waals surface area contributed by atoms with Crippen LogP contribution in [0.15, 0.2) is 30.5 Å². The molecule has 1 aromatic heterocycles. The Morgan fingerprint density at radius 2 is 2.11 bits per heavy atom. The zero-order valence-corrected chi connectivity index (χ0v) is 10.9. The first-order valence-corrected chi connectivity index (χ1v) is 6.62. The van der Waals surface area contributed by atoms with Crippen molar-refractivity contribution in [2.24, 2.45) is 0 Å². The average Bonchev–Trinajstić information content (AvgIpc) is 2.82. The zero-order chi connectivity index (χ0) is 12.8. The van der Waals surface area contributed by atoms with Crippen molar-refractivity contribution in [1.82, 2.24) is 4.57 Å². The van der Waals surface area contributed by atoms with E-state index in [-0.39, 0.29) is 6.61 Å². The minimum atomic E-state index is 0.0814. The molecule has 0 fully saturated rings. The maximum atomic E-state index is 9.38. The molecule has 0 unspecified atom stereocenters. The molecule has 1 heterocycles. The smallest absolute Gasteiger partial charge is 0.0702 e. The summed E-state index contributed by atoms with van der Waals surface area (Å²) < 4.78 is 7.75. The van der Waals surface area contributed by atoms with E-state index in [1.54, 1.807) is 0 Å². The van der Waals surface area contributed by atoms with Gasteiger partial charge in [0.15, 0.2) is 0 Å². The van der Waals surface area contributed by atoms with Crippen LogP contribution in [0.4, 0.5) is 0 Å². The molecule has 98 valence electrons. The van der Waals surface area contributed by atoms with Crippen LogP contribution in [0, 0.1) is 0 Å². The van der Waals surface area contributed by atoms with Gasteiger partial charge >= 0.3 is 0 Å². The fraction of sp³-hybridized carbons (Fsp3) is 0.467. The monoisotopic (exact) mass is 247 g/mol. The number of benzene rings is 1. The topological polar surface area (TPSA) is 34.4 Å². The van der Waals surface area contributed by atoms with E-state index < -0.39 is 0 Å². The second kappa shape index (κ2) is 6.57. The van der Waals surface area contributed by atoms with Gasteiger partial charge < -0.3 is 14.4 Å². The van der Waals surface area contributed by atoms with E-state index in [4.69, 9.17) is 4.74 Å². The highest BCUT2D eigenvalue weighted by Crippen LogP contribution is 2.20. The molecule has 0 aliphatic heterocycles. The van der Waals surface area contributed by atoms with Crippen LogP contribution in [0.25, 0.3) is 10.9 Å². The van der Waals surface area contributed by atoms with E-state index in [0.717, 1.165) is 37.3 Å². The number of unbranched alkanes of at least 4 members (excludes halogenated alkanes) is 1. The second-order valence-electron chi connectivity index (χ2n) is 4.49. The molecule has 2 rings (SSSR count). The van der Waals surface area contributed by atoms with E-state index in [9.17, 15) is 5.11 Å². The van der Waals surface area contributed by atoms with Crippen LogP contribution in [0.3, 0.4) is 0 Å². The van der Waals surface area contributed by atoms with Crippen LogP contribution in [0.5, 0.6) is 0 Å². The predicted molar refractivity (Wildman–Crippen MR) is 73.6 cm³/mol. The molecule has 0 saturated carbocycles. The molecule has 3 heteroatoms. The summed E-state index contributed by atoms with van der Waals surface area (Å²) in [4.78, 5) is 0. The maximum absolute atomic E-state index is 9.38. The van der Waals surface area contributed by atoms with Gasteiger partial charge in [-0.3, -0.25) is 0 Å². The Morgan fingerprint density at radius 1 is 1.22 bits per heavy atom. The third-order valence-electron chi connectivity index (χ3n) is 3.16. The molecule has 0 spiro atoms. The van der Waals surface area contributed by atoms with Crippen molar-refractivity contribution < 1.29 is 9.84 Å². The highest BCUT2D eigenvalue weighted by atomic mass is 16.5. The maximum Gasteiger partial charge on any atom is 0.0702 e. The molecule has 0 amide bonds. The number of aliphatic hydroxyl groups is 1. The van der Waals surface area contributed by atoms with Crippen molar-refractivity contribution in [2.75, 3.05) is 13.2 Å². The Hall–Kier alpha value is -1.32. The van der Waals surface area contributed by atoms with Gasteiger partial charge in [-0.05, 0) is 17.9 Å². The van der Waals surface area contributed by atoms with Crippen molar-refractivity contribution >= 4 is 10.9 Å². The van der Waals surface area contributed by atoms with Crippen molar-refractivity contribution in [2.45, 2.75) is 32.9 Å². The van der Waals surface area contributed by atoms with Crippen molar-refractivity contribution in [3.63, 3.8) is 0 Å². The van der Waals surface area contributed by atoms with Crippen LogP contribution in [-0.4, -0.2) is 22.9 Å². The number of aromatic nitrogens is 1. The SMILES string of the molecule is CCCCOCCn1ccc2cccc(CO)c21. The van der Waals surface area contributed by atoms with E-state index in [1.807, 2.05) is 12.1 Å². The van der Waals surface area contributed by atoms with Gasteiger partial charge in [0.1, 0.15) is 0 Å². The van der Waals surface area contributed by atoms with Crippen molar-refractivity contribution in [1.29, 1.82) is 0 Å². The van der Waals surface area contributed by atoms with Gasteiger partial charge in [0.05, 0.1) is 18.7 Å². The van der Waals surface area contributed by atoms with Crippen molar-refractivity contribution in [3.8, 4) is 0 Å². The number of ether oxygens (including phenoxy) is 1. The summed E-state index contributed by atoms with van der Waals surface area (Å²) in [5.41, 5.74) is 2.10. The molecule has 0 aliphatic carbocycles. The third-order valence-corrected chi connectivity index (χ3v) is 3.16. The lowest BCUT2D eigenvalue weighted by atomic mass is 10.1. The number of rotatable bonds is 7. The van der Waals surface area contributed by atoms with E-state index >= 15 is 0 Å². The van der Waals surface area contributed by atoms with Crippen molar-refractivity contribution in [3.05, 3.63) is 36.0 Å². The highest BCUT2D eigenvalue weighted by Gasteiger charge is 2.05. The molecule has 0 radical (unpaired) electrons. The lowest BCUT2D eigenvalue weighted by molar-refractivity contribution is 0.124. The van der Waals surface area contributed by atoms with Gasteiger partial charge in [0.2, 0.25) is 0 Å². The molecule has 0 bridgehead atoms. The Morgan fingerprint density at radius 3 is 2.89 bits per heavy atom. The largest absolute Gasteiger partial charge is 0.392 e. The first kappa shape index (κ1) is 13.1. The van der Waals surface area contributed by atoms with Crippen LogP contribution in [0.2, 0.25) is 0 Å². The molecular weight excluding hydrogens is 226 g/mol. The fourth-order valence-electron chi connectivity index (χ4n) is 2.17. The molecule has 1 N–H and O–H groups in total. The summed E-state index contributed by atoms with van der Waals surface area (Å²) in [6.45, 7) is 4.64. The Labute approximate surface area is 108 Å². The Balaban J connectivity index is 2.04. The molecule has 1 aromatic carbocycles. The van der Waals surface area contributed by atoms with E-state index in [2.05, 4.69) is 29.8 Å². The Kier molecular flexibility index (Phi) is 4.79. The summed E-state index contributed by atoms with van der Waals surface area (Å²) in [5.74, 6) is 0. The normalized spacial score (nSPS) is 11.2. The van der Waals surface area contributed by atoms with E-state index in [0.29, 0.717) is 0 Å². The number of para-hydroxylation sites is 1. The summed E-state index contributed by atoms with van der Waals surface area (Å²) in [7, 11) is 0. The number of nitrogens with zero attached hydrogens (tertiary/aromatic N) is 1. The lowest BCUT2D eigenvalue weighted by Gasteiger charge is -2.09. The van der Waals surface area contributed by atoms with Crippen LogP contribution in [0.1, 0.15) is 25.3 Å². The quantitative estimate of drug-likeness (QED) is 0.763. The van der Waals surface area contributed by atoms with Gasteiger partial charge in [0.25, 0.3) is 0 Å². The van der Waals surface area contributed by atoms with E-state index in [1.165, 1.54) is 11.8 Å². The molecule has 18 heavy (non-hydrogen) atoms. The summed E-state index contributed by atoms with van der Waals surface area (Å²) in [5, 5.41) is 10.6. The minimum Gasteiger partial charge on any atom is -0.392 e. The van der Waals surface area contributed by atoms with Gasteiger partial charge in [-0.15, -0.1) is 0 Å². The molecule has 0 aliphatic rings. The van der Waals surface area contributed by atoms with Crippen LogP contribution < -0.4 is 0 Å². The predicted octanol–water partition coefficient (Wildman–Crippen LogP) is 2.95. The van der Waals surface area contributed by atoms with Crippen LogP contribution >= 0.6 is 0 Å². The zero-order valence-electron chi connectivity index (χ0n) is 10.9. The Bertz CT molecular complexity index is 490. The lowest BCUT2D eigenvalue weighted by Crippen LogP contribution is -2.06. The van der Waals surface area contributed by atoms with Gasteiger partial charge in [-0.25, -0.2) is 0 Å². The molecule has 0 atom stereocenters. The van der Waals surface area contributed by atoms with Crippen LogP contribution in [-0.2, 0) is 17.9 Å². The van der Waals surface area contributed by atoms with Gasteiger partial charge in [-0.2, -0.15) is 0 Å². The molecule has 3 nitrogen and oxygen atoms in total. The highest BCUT2D eigenvalue weighted by molar-refractivity contribution is 5.83. The average molecular weight is 247 g/mol. The second-order valence-corrected chi connectivity index (χ2v) is 4.49. The number of hydrogen-bond acceptors (Lipinski definition) is 2. The number of aliphatic hydroxyl groups excluding tert-OH is 1. The first-order valence-electron chi connectivity index (χ1n) is 6.62. The fourth-order valence-corrected chi connectivity index (χ4v) is 2.17. The first-order chi connectivity index (χ1) is 8.86. The molecule has 0 saturated heterocycles. The van der Waals surface area contributed by atoms with Gasteiger partial charge in [-0.1, -0.05) is 31.5 Å². The number of hydrogen-bond donors (Lipinski definition) is 1. The minimum absolute atomic E-state index is 0.0814. The summed E-state index contributed by atoms with van der Waals surface area (Å²) in [6.07, 6.45) is 4.35. The van der Waals surface area contributed by atoms with Gasteiger partial charge in [0, 0.05) is 24.9 Å². The number of fused-ring (bicyclic) bond motifs is 1. The summed E-state index contributed by atoms with van der Waals surface area (Å²) in [6, 6.07) is 8.11. The summed E-state index contributed by atoms with van der Waals surface area (Å²) >= 11 is 0. The third kappa shape index (κ3) is 2.92.